The molecule has 1 saturated heterocycles. The van der Waals surface area contributed by atoms with Crippen molar-refractivity contribution in [3.63, 3.8) is 0 Å². The van der Waals surface area contributed by atoms with E-state index in [0.29, 0.717) is 34.6 Å². The summed E-state index contributed by atoms with van der Waals surface area (Å²) in [5.41, 5.74) is 1.64. The van der Waals surface area contributed by atoms with Crippen LogP contribution < -0.4 is 15.6 Å². The molecule has 2 N–H and O–H groups in total. The second-order valence-corrected chi connectivity index (χ2v) is 10.1. The molecule has 0 bridgehead atoms. The minimum atomic E-state index is -0.252. The number of thiophene rings is 1. The van der Waals surface area contributed by atoms with Crippen LogP contribution in [0.25, 0.3) is 10.2 Å². The molecule has 2 aromatic heterocycles. The average Bonchev–Trinajstić information content (AvgIpc) is 3.48. The van der Waals surface area contributed by atoms with Gasteiger partial charge in [-0.2, -0.15) is 0 Å². The van der Waals surface area contributed by atoms with Crippen molar-refractivity contribution in [3.8, 4) is 5.75 Å². The summed E-state index contributed by atoms with van der Waals surface area (Å²) in [6.07, 6.45) is 3.28. The number of aromatic nitrogens is 2. The third kappa shape index (κ3) is 5.73. The minimum Gasteiger partial charge on any atom is -0.483 e. The third-order valence-electron chi connectivity index (χ3n) is 6.52. The highest BCUT2D eigenvalue weighted by Gasteiger charge is 2.21. The molecule has 0 spiro atoms. The van der Waals surface area contributed by atoms with E-state index in [2.05, 4.69) is 15.3 Å². The molecular formula is C26H32N4O4S. The van der Waals surface area contributed by atoms with Crippen LogP contribution in [-0.4, -0.2) is 46.4 Å². The van der Waals surface area contributed by atoms with Gasteiger partial charge >= 0.3 is 0 Å². The topological polar surface area (TPSA) is 104 Å². The Kier molecular flexibility index (Phi) is 7.85. The molecule has 8 nitrogen and oxygen atoms in total. The van der Waals surface area contributed by atoms with Crippen molar-refractivity contribution in [3.05, 3.63) is 56.4 Å². The molecule has 4 rings (SSSR count). The van der Waals surface area contributed by atoms with E-state index in [1.165, 1.54) is 11.3 Å². The van der Waals surface area contributed by atoms with E-state index in [0.717, 1.165) is 41.9 Å². The number of nitrogens with zero attached hydrogens (tertiary/aromatic N) is 2. The van der Waals surface area contributed by atoms with Crippen LogP contribution in [-0.2, 0) is 16.0 Å². The number of hydrogen-bond acceptors (Lipinski definition) is 6. The van der Waals surface area contributed by atoms with E-state index in [-0.39, 0.29) is 36.4 Å². The van der Waals surface area contributed by atoms with Gasteiger partial charge in [-0.3, -0.25) is 14.4 Å². The van der Waals surface area contributed by atoms with Crippen LogP contribution in [0.15, 0.2) is 29.1 Å². The number of carbonyl (C=O) groups excluding carboxylic acids is 2. The molecule has 3 aromatic rings. The summed E-state index contributed by atoms with van der Waals surface area (Å²) in [6.45, 7) is 7.46. The predicted molar refractivity (Wildman–Crippen MR) is 137 cm³/mol. The number of ether oxygens (including phenoxy) is 1. The summed E-state index contributed by atoms with van der Waals surface area (Å²) in [5.74, 6) is 0.966. The highest BCUT2D eigenvalue weighted by atomic mass is 32.1. The van der Waals surface area contributed by atoms with Gasteiger partial charge in [0.2, 0.25) is 5.91 Å². The van der Waals surface area contributed by atoms with Crippen LogP contribution in [0.1, 0.15) is 60.5 Å². The predicted octanol–water partition coefficient (Wildman–Crippen LogP) is 3.80. The van der Waals surface area contributed by atoms with Crippen molar-refractivity contribution in [1.82, 2.24) is 20.2 Å². The Labute approximate surface area is 208 Å². The second kappa shape index (κ2) is 11.0. The molecule has 9 heteroatoms. The first-order valence-electron chi connectivity index (χ1n) is 12.1. The number of carbonyl (C=O) groups is 2. The summed E-state index contributed by atoms with van der Waals surface area (Å²) in [6, 6.07) is 7.25. The van der Waals surface area contributed by atoms with Crippen LogP contribution in [0.4, 0.5) is 0 Å². The molecule has 1 aromatic carbocycles. The van der Waals surface area contributed by atoms with E-state index in [1.807, 2.05) is 49.9 Å². The number of para-hydroxylation sites is 1. The van der Waals surface area contributed by atoms with Crippen molar-refractivity contribution in [2.45, 2.75) is 58.9 Å². The van der Waals surface area contributed by atoms with Gasteiger partial charge in [-0.25, -0.2) is 4.98 Å². The maximum atomic E-state index is 12.8. The van der Waals surface area contributed by atoms with Crippen LogP contribution >= 0.6 is 11.3 Å². The molecule has 0 aliphatic carbocycles. The van der Waals surface area contributed by atoms with Crippen LogP contribution in [0.2, 0.25) is 0 Å². The number of aromatic amines is 1. The zero-order valence-corrected chi connectivity index (χ0v) is 21.3. The highest BCUT2D eigenvalue weighted by Crippen LogP contribution is 2.28. The molecule has 186 valence electrons. The number of H-pyrrole nitrogens is 1. The molecule has 0 saturated carbocycles. The summed E-state index contributed by atoms with van der Waals surface area (Å²) >= 11 is 1.50. The largest absolute Gasteiger partial charge is 0.483 e. The molecule has 3 heterocycles. The number of aryl methyl sites for hydroxylation is 3. The van der Waals surface area contributed by atoms with Gasteiger partial charge in [0, 0.05) is 36.4 Å². The van der Waals surface area contributed by atoms with Crippen molar-refractivity contribution in [1.29, 1.82) is 0 Å². The van der Waals surface area contributed by atoms with Crippen LogP contribution in [0.5, 0.6) is 5.75 Å². The monoisotopic (exact) mass is 496 g/mol. The lowest BCUT2D eigenvalue weighted by Gasteiger charge is -2.21. The molecule has 2 amide bonds. The van der Waals surface area contributed by atoms with E-state index in [1.54, 1.807) is 0 Å². The maximum Gasteiger partial charge on any atom is 0.260 e. The summed E-state index contributed by atoms with van der Waals surface area (Å²) < 4.78 is 5.88. The second-order valence-electron chi connectivity index (χ2n) is 8.92. The Hall–Kier alpha value is -3.20. The van der Waals surface area contributed by atoms with Gasteiger partial charge in [0.1, 0.15) is 16.4 Å². The standard InChI is InChI=1S/C26H32N4O4S/c1-4-19(18-9-5-6-10-20(18)34-15-23(32)30-13-7-8-14-30)27-22(31)12-11-21-28-25(33)24-16(2)17(3)35-26(24)29-21/h5-6,9-10,19H,4,7-8,11-15H2,1-3H3,(H,27,31)(H,28,29,33). The van der Waals surface area contributed by atoms with Crippen LogP contribution in [0.3, 0.4) is 0 Å². The smallest absolute Gasteiger partial charge is 0.260 e. The highest BCUT2D eigenvalue weighted by molar-refractivity contribution is 7.18. The van der Waals surface area contributed by atoms with Gasteiger partial charge in [-0.1, -0.05) is 25.1 Å². The van der Waals surface area contributed by atoms with Gasteiger partial charge in [0.25, 0.3) is 11.5 Å². The lowest BCUT2D eigenvalue weighted by Crippen LogP contribution is -2.33. The number of benzene rings is 1. The summed E-state index contributed by atoms with van der Waals surface area (Å²) in [7, 11) is 0. The molecule has 1 atom stereocenters. The third-order valence-corrected chi connectivity index (χ3v) is 7.63. The molecule has 1 aliphatic rings. The maximum absolute atomic E-state index is 12.8. The van der Waals surface area contributed by atoms with Gasteiger partial charge in [-0.15, -0.1) is 11.3 Å². The zero-order chi connectivity index (χ0) is 24.9. The molecular weight excluding hydrogens is 464 g/mol. The number of nitrogens with one attached hydrogen (secondary N) is 2. The van der Waals surface area contributed by atoms with E-state index >= 15 is 0 Å². The fourth-order valence-corrected chi connectivity index (χ4v) is 5.46. The number of rotatable bonds is 9. The summed E-state index contributed by atoms with van der Waals surface area (Å²) in [5, 5.41) is 3.70. The first-order chi connectivity index (χ1) is 16.9. The van der Waals surface area contributed by atoms with E-state index in [9.17, 15) is 14.4 Å². The number of fused-ring (bicyclic) bond motifs is 1. The van der Waals surface area contributed by atoms with Crippen molar-refractivity contribution < 1.29 is 14.3 Å². The fourth-order valence-electron chi connectivity index (χ4n) is 4.41. The Morgan fingerprint density at radius 3 is 2.71 bits per heavy atom. The molecule has 1 fully saturated rings. The van der Waals surface area contributed by atoms with Gasteiger partial charge in [0.15, 0.2) is 6.61 Å². The van der Waals surface area contributed by atoms with Gasteiger partial charge in [0.05, 0.1) is 11.4 Å². The Morgan fingerprint density at radius 1 is 1.23 bits per heavy atom. The number of amides is 2. The van der Waals surface area contributed by atoms with E-state index in [4.69, 9.17) is 4.74 Å². The Morgan fingerprint density at radius 2 is 1.97 bits per heavy atom. The first kappa shape index (κ1) is 24.9. The first-order valence-corrected chi connectivity index (χ1v) is 13.0. The Balaban J connectivity index is 1.38. The van der Waals surface area contributed by atoms with Crippen LogP contribution in [0, 0.1) is 13.8 Å². The normalized spacial score (nSPS) is 14.3. The van der Waals surface area contributed by atoms with Gasteiger partial charge < -0.3 is 19.9 Å². The number of likely N-dealkylation sites (tertiary alicyclic amines) is 1. The molecule has 35 heavy (non-hydrogen) atoms. The number of hydrogen-bond donors (Lipinski definition) is 2. The average molecular weight is 497 g/mol. The molecule has 1 unspecified atom stereocenters. The minimum absolute atomic E-state index is 0.00935. The van der Waals surface area contributed by atoms with Gasteiger partial charge in [-0.05, 0) is 44.7 Å². The quantitative estimate of drug-likeness (QED) is 0.469. The molecule has 0 radical (unpaired) electrons. The zero-order valence-electron chi connectivity index (χ0n) is 20.5. The summed E-state index contributed by atoms with van der Waals surface area (Å²) in [4.78, 5) is 48.7. The van der Waals surface area contributed by atoms with Crippen molar-refractivity contribution in [2.24, 2.45) is 0 Å². The van der Waals surface area contributed by atoms with Crippen molar-refractivity contribution in [2.75, 3.05) is 19.7 Å². The Bertz CT molecular complexity index is 1280. The lowest BCUT2D eigenvalue weighted by molar-refractivity contribution is -0.132. The lowest BCUT2D eigenvalue weighted by atomic mass is 10.0. The fraction of sp³-hybridized carbons (Fsp3) is 0.462. The van der Waals surface area contributed by atoms with Crippen molar-refractivity contribution >= 4 is 33.4 Å². The van der Waals surface area contributed by atoms with E-state index < -0.39 is 0 Å². The molecule has 1 aliphatic heterocycles. The SMILES string of the molecule is CCC(NC(=O)CCc1nc2sc(C)c(C)c2c(=O)[nH]1)c1ccccc1OCC(=O)N1CCCC1.